The summed E-state index contributed by atoms with van der Waals surface area (Å²) in [6.07, 6.45) is 7.53. The van der Waals surface area contributed by atoms with E-state index in [1.165, 1.54) is 0 Å². The first-order chi connectivity index (χ1) is 7.45. The first-order valence-corrected chi connectivity index (χ1v) is 4.87. The van der Waals surface area contributed by atoms with E-state index in [-0.39, 0.29) is 0 Å². The van der Waals surface area contributed by atoms with Crippen molar-refractivity contribution in [3.05, 3.63) is 42.4 Å². The standard InChI is InChI=1S/C12H10N2O/c1-2-5-11-10(4-1)13-12-6-9-15-8-3-7-14(11)12/h1-7,9H,8H2/b7-3+,9-6?. The topological polar surface area (TPSA) is 27.1 Å². The van der Waals surface area contributed by atoms with Gasteiger partial charge in [-0.25, -0.2) is 4.98 Å². The highest BCUT2D eigenvalue weighted by molar-refractivity contribution is 5.80. The number of para-hydroxylation sites is 2. The van der Waals surface area contributed by atoms with E-state index in [4.69, 9.17) is 4.74 Å². The molecule has 2 aromatic rings. The van der Waals surface area contributed by atoms with Crippen molar-refractivity contribution in [3.63, 3.8) is 0 Å². The minimum absolute atomic E-state index is 0.600. The van der Waals surface area contributed by atoms with Crippen LogP contribution in [0.25, 0.3) is 23.3 Å². The molecule has 0 aliphatic carbocycles. The Morgan fingerprint density at radius 3 is 3.20 bits per heavy atom. The Morgan fingerprint density at radius 1 is 1.27 bits per heavy atom. The molecule has 0 radical (unpaired) electrons. The monoisotopic (exact) mass is 198 g/mol. The van der Waals surface area contributed by atoms with Crippen LogP contribution in [0, 0.1) is 0 Å². The van der Waals surface area contributed by atoms with Gasteiger partial charge in [0.15, 0.2) is 0 Å². The highest BCUT2D eigenvalue weighted by atomic mass is 16.5. The van der Waals surface area contributed by atoms with Gasteiger partial charge in [0.2, 0.25) is 0 Å². The molecule has 0 saturated carbocycles. The molecule has 0 atom stereocenters. The number of rotatable bonds is 0. The van der Waals surface area contributed by atoms with Crippen LogP contribution in [-0.2, 0) is 4.74 Å². The zero-order valence-electron chi connectivity index (χ0n) is 8.13. The molecule has 1 aliphatic heterocycles. The van der Waals surface area contributed by atoms with E-state index in [1.54, 1.807) is 6.26 Å². The fraction of sp³-hybridized carbons (Fsp3) is 0.0833. The normalized spacial score (nSPS) is 16.5. The number of hydrogen-bond donors (Lipinski definition) is 0. The van der Waals surface area contributed by atoms with Crippen molar-refractivity contribution >= 4 is 23.3 Å². The van der Waals surface area contributed by atoms with Crippen LogP contribution in [-0.4, -0.2) is 16.2 Å². The van der Waals surface area contributed by atoms with Gasteiger partial charge in [0.1, 0.15) is 12.4 Å². The maximum atomic E-state index is 5.21. The highest BCUT2D eigenvalue weighted by Crippen LogP contribution is 2.18. The molecule has 15 heavy (non-hydrogen) atoms. The van der Waals surface area contributed by atoms with Crippen LogP contribution in [0.5, 0.6) is 0 Å². The Kier molecular flexibility index (Phi) is 1.81. The first kappa shape index (κ1) is 8.29. The predicted molar refractivity (Wildman–Crippen MR) is 60.0 cm³/mol. The molecule has 3 nitrogen and oxygen atoms in total. The van der Waals surface area contributed by atoms with E-state index >= 15 is 0 Å². The molecular formula is C12H10N2O. The molecule has 0 unspecified atom stereocenters. The Labute approximate surface area is 87.3 Å². The molecule has 3 heteroatoms. The lowest BCUT2D eigenvalue weighted by atomic mass is 10.3. The Hall–Kier alpha value is -2.03. The third kappa shape index (κ3) is 1.32. The van der Waals surface area contributed by atoms with Gasteiger partial charge >= 0.3 is 0 Å². The minimum atomic E-state index is 0.600. The molecule has 2 heterocycles. The molecule has 74 valence electrons. The van der Waals surface area contributed by atoms with Crippen LogP contribution in [0.15, 0.2) is 36.6 Å². The van der Waals surface area contributed by atoms with Crippen molar-refractivity contribution in [3.8, 4) is 0 Å². The zero-order chi connectivity index (χ0) is 10.1. The molecule has 1 aromatic heterocycles. The van der Waals surface area contributed by atoms with Crippen LogP contribution < -0.4 is 0 Å². The molecule has 0 N–H and O–H groups in total. The summed E-state index contributed by atoms with van der Waals surface area (Å²) in [5.41, 5.74) is 2.12. The number of nitrogens with zero attached hydrogens (tertiary/aromatic N) is 2. The van der Waals surface area contributed by atoms with E-state index in [2.05, 4.69) is 15.6 Å². The largest absolute Gasteiger partial charge is 0.497 e. The average Bonchev–Trinajstić information content (AvgIpc) is 2.55. The summed E-state index contributed by atoms with van der Waals surface area (Å²) >= 11 is 0. The van der Waals surface area contributed by atoms with Crippen molar-refractivity contribution in [1.29, 1.82) is 0 Å². The third-order valence-electron chi connectivity index (χ3n) is 2.38. The van der Waals surface area contributed by atoms with Crippen molar-refractivity contribution in [2.24, 2.45) is 0 Å². The van der Waals surface area contributed by atoms with Gasteiger partial charge in [0.05, 0.1) is 17.3 Å². The SMILES string of the molecule is C1=Cc2nc3ccccc3n2/C=C/CO1. The van der Waals surface area contributed by atoms with Crippen molar-refractivity contribution in [2.75, 3.05) is 6.61 Å². The predicted octanol–water partition coefficient (Wildman–Crippen LogP) is 2.51. The molecule has 1 aliphatic rings. The van der Waals surface area contributed by atoms with E-state index in [0.717, 1.165) is 16.9 Å². The lowest BCUT2D eigenvalue weighted by Gasteiger charge is -2.03. The summed E-state index contributed by atoms with van der Waals surface area (Å²) < 4.78 is 7.27. The lowest BCUT2D eigenvalue weighted by Crippen LogP contribution is -1.94. The van der Waals surface area contributed by atoms with Gasteiger partial charge in [-0.05, 0) is 18.2 Å². The van der Waals surface area contributed by atoms with Crippen molar-refractivity contribution in [1.82, 2.24) is 9.55 Å². The van der Waals surface area contributed by atoms with Gasteiger partial charge in [0.25, 0.3) is 0 Å². The lowest BCUT2D eigenvalue weighted by molar-refractivity contribution is 0.292. The van der Waals surface area contributed by atoms with E-state index in [9.17, 15) is 0 Å². The number of benzene rings is 1. The summed E-state index contributed by atoms with van der Waals surface area (Å²) in [5, 5.41) is 0. The fourth-order valence-electron chi connectivity index (χ4n) is 1.71. The summed E-state index contributed by atoms with van der Waals surface area (Å²) in [6.45, 7) is 0.600. The van der Waals surface area contributed by atoms with Gasteiger partial charge in [0, 0.05) is 12.3 Å². The minimum Gasteiger partial charge on any atom is -0.497 e. The van der Waals surface area contributed by atoms with Crippen LogP contribution in [0.4, 0.5) is 0 Å². The zero-order valence-corrected chi connectivity index (χ0v) is 8.13. The van der Waals surface area contributed by atoms with Crippen molar-refractivity contribution < 1.29 is 4.74 Å². The average molecular weight is 198 g/mol. The number of ether oxygens (including phenoxy) is 1. The summed E-state index contributed by atoms with van der Waals surface area (Å²) in [5.74, 6) is 0.896. The second-order valence-electron chi connectivity index (χ2n) is 3.35. The molecule has 0 amide bonds. The van der Waals surface area contributed by atoms with Crippen LogP contribution in [0.3, 0.4) is 0 Å². The van der Waals surface area contributed by atoms with Crippen molar-refractivity contribution in [2.45, 2.75) is 0 Å². The van der Waals surface area contributed by atoms with E-state index in [1.807, 2.05) is 36.6 Å². The molecule has 0 spiro atoms. The van der Waals surface area contributed by atoms with Gasteiger partial charge in [-0.15, -0.1) is 0 Å². The first-order valence-electron chi connectivity index (χ1n) is 4.87. The number of aromatic nitrogens is 2. The highest BCUT2D eigenvalue weighted by Gasteiger charge is 2.06. The fourth-order valence-corrected chi connectivity index (χ4v) is 1.71. The number of fused-ring (bicyclic) bond motifs is 3. The molecule has 0 saturated heterocycles. The molecule has 0 bridgehead atoms. The maximum absolute atomic E-state index is 5.21. The Balaban J connectivity index is 2.33. The maximum Gasteiger partial charge on any atom is 0.140 e. The van der Waals surface area contributed by atoms with Gasteiger partial charge in [-0.3, -0.25) is 4.57 Å². The van der Waals surface area contributed by atoms with Crippen LogP contribution in [0.1, 0.15) is 5.82 Å². The van der Waals surface area contributed by atoms with Crippen LogP contribution in [0.2, 0.25) is 0 Å². The summed E-state index contributed by atoms with van der Waals surface area (Å²) in [6, 6.07) is 8.08. The molecule has 0 fully saturated rings. The number of imidazole rings is 1. The van der Waals surface area contributed by atoms with Gasteiger partial charge < -0.3 is 4.74 Å². The second kappa shape index (κ2) is 3.28. The second-order valence-corrected chi connectivity index (χ2v) is 3.35. The van der Waals surface area contributed by atoms with E-state index in [0.29, 0.717) is 6.61 Å². The van der Waals surface area contributed by atoms with Crippen LogP contribution >= 0.6 is 0 Å². The Bertz CT molecular complexity index is 552. The number of hydrogen-bond acceptors (Lipinski definition) is 2. The summed E-state index contributed by atoms with van der Waals surface area (Å²) in [4.78, 5) is 4.50. The Morgan fingerprint density at radius 2 is 2.20 bits per heavy atom. The van der Waals surface area contributed by atoms with Gasteiger partial charge in [-0.2, -0.15) is 0 Å². The van der Waals surface area contributed by atoms with Gasteiger partial charge in [-0.1, -0.05) is 12.1 Å². The smallest absolute Gasteiger partial charge is 0.140 e. The quantitative estimate of drug-likeness (QED) is 0.650. The molecular weight excluding hydrogens is 188 g/mol. The van der Waals surface area contributed by atoms with E-state index < -0.39 is 0 Å². The third-order valence-corrected chi connectivity index (χ3v) is 2.38. The summed E-state index contributed by atoms with van der Waals surface area (Å²) in [7, 11) is 0. The molecule has 1 aromatic carbocycles. The molecule has 3 rings (SSSR count).